The number of nitrogens with one attached hydrogen (secondary N) is 1. The van der Waals surface area contributed by atoms with Crippen LogP contribution in [-0.2, 0) is 32.4 Å². The molecule has 1 saturated heterocycles. The number of nitrogen functional groups attached to an aromatic ring is 1. The first-order chi connectivity index (χ1) is 19.3. The number of hydrogen-bond donors (Lipinski definition) is 4. The van der Waals surface area contributed by atoms with Crippen LogP contribution in [0, 0.1) is 0 Å². The smallest absolute Gasteiger partial charge is 0.352 e. The third kappa shape index (κ3) is 4.82. The van der Waals surface area contributed by atoms with Gasteiger partial charge >= 0.3 is 5.97 Å². The van der Waals surface area contributed by atoms with Crippen LogP contribution >= 0.6 is 34.6 Å². The molecule has 5 N–H and O–H groups in total. The number of carboxylic acids is 1. The van der Waals surface area contributed by atoms with Crippen molar-refractivity contribution in [2.75, 3.05) is 11.5 Å². The van der Waals surface area contributed by atoms with Crippen molar-refractivity contribution in [1.29, 1.82) is 0 Å². The van der Waals surface area contributed by atoms with Crippen LogP contribution in [0.15, 0.2) is 34.3 Å². The summed E-state index contributed by atoms with van der Waals surface area (Å²) in [7, 11) is 0. The molecule has 6 rings (SSSR count). The molecule has 0 unspecified atom stereocenters. The number of thiazole rings is 1. The van der Waals surface area contributed by atoms with E-state index in [2.05, 4.69) is 19.8 Å². The normalized spacial score (nSPS) is 21.6. The van der Waals surface area contributed by atoms with Crippen LogP contribution in [0.4, 0.5) is 5.13 Å². The number of thioether (sulfide) groups is 1. The van der Waals surface area contributed by atoms with Gasteiger partial charge in [-0.25, -0.2) is 9.36 Å². The number of aliphatic hydroxyl groups excluding tert-OH is 1. The van der Waals surface area contributed by atoms with Gasteiger partial charge < -0.3 is 26.1 Å². The summed E-state index contributed by atoms with van der Waals surface area (Å²) in [5, 5.41) is 27.7. The molecule has 40 heavy (non-hydrogen) atoms. The zero-order valence-corrected chi connectivity index (χ0v) is 23.4. The van der Waals surface area contributed by atoms with Crippen LogP contribution < -0.4 is 15.6 Å². The zero-order chi connectivity index (χ0) is 28.0. The zero-order valence-electron chi connectivity index (χ0n) is 20.9. The number of aliphatic hydroxyl groups is 1. The number of rotatable bonds is 9. The number of carboxylic acid groups (broad SMARTS) is 1. The Morgan fingerprint density at radius 1 is 1.32 bits per heavy atom. The highest BCUT2D eigenvalue weighted by atomic mass is 32.2. The molecule has 0 bridgehead atoms. The standard InChI is InChI=1S/C23H24N8O6S3/c24-23-26-18(28-40-23)15(27-37-13-3-1-2-4-13)19(33)25-16-20(34)31-17(22(35)36)11(8-39-21(16)31)5-29-6-14-30(10-29)12(7-32)9-38-14/h6,9-10,13,16,21,32H,1-5,7-8H2,(H3-,24,25,26,28,33,35,36)/p+1/b27-15-/t16-,21-/m1/s1. The number of amides is 2. The maximum absolute atomic E-state index is 13.2. The van der Waals surface area contributed by atoms with E-state index >= 15 is 0 Å². The van der Waals surface area contributed by atoms with Crippen molar-refractivity contribution in [3.63, 3.8) is 0 Å². The number of oxime groups is 1. The third-order valence-corrected chi connectivity index (χ3v) is 9.75. The van der Waals surface area contributed by atoms with E-state index in [1.54, 1.807) is 6.33 Å². The molecule has 2 atom stereocenters. The summed E-state index contributed by atoms with van der Waals surface area (Å²) >= 11 is 3.74. The van der Waals surface area contributed by atoms with Crippen LogP contribution in [0.5, 0.6) is 0 Å². The highest BCUT2D eigenvalue weighted by Crippen LogP contribution is 2.40. The van der Waals surface area contributed by atoms with Crippen LogP contribution in [0.3, 0.4) is 0 Å². The summed E-state index contributed by atoms with van der Waals surface area (Å²) in [6.45, 7) is 0.142. The Hall–Kier alpha value is -3.54. The summed E-state index contributed by atoms with van der Waals surface area (Å²) in [6.07, 6.45) is 7.23. The largest absolute Gasteiger partial charge is 0.477 e. The lowest BCUT2D eigenvalue weighted by atomic mass is 10.0. The SMILES string of the molecule is Nc1nc(/C(=N/OC2CCCC2)C(=O)N[C@@H]2C(=O)N3C(C(=O)O)=C(C[n+]4cc5scc(CO)n5c4)CS[C@H]23)ns1. The molecule has 0 spiro atoms. The molecule has 2 aliphatic heterocycles. The molecular formula is C23H25N8O6S3+. The highest BCUT2D eigenvalue weighted by Gasteiger charge is 2.54. The molecule has 17 heteroatoms. The molecule has 2 amide bonds. The van der Waals surface area contributed by atoms with Gasteiger partial charge in [0.15, 0.2) is 5.13 Å². The van der Waals surface area contributed by atoms with E-state index in [0.29, 0.717) is 11.3 Å². The number of nitrogens with two attached hydrogens (primary N) is 1. The first-order valence-electron chi connectivity index (χ1n) is 12.5. The quantitative estimate of drug-likeness (QED) is 0.114. The van der Waals surface area contributed by atoms with Gasteiger partial charge in [-0.05, 0) is 25.7 Å². The lowest BCUT2D eigenvalue weighted by molar-refractivity contribution is -0.687. The number of aliphatic carboxylic acids is 1. The van der Waals surface area contributed by atoms with Gasteiger partial charge in [-0.15, -0.1) is 11.8 Å². The average molecular weight is 606 g/mol. The Balaban J connectivity index is 1.20. The van der Waals surface area contributed by atoms with Gasteiger partial charge in [0, 0.05) is 28.2 Å². The van der Waals surface area contributed by atoms with Crippen LogP contribution in [0.2, 0.25) is 0 Å². The minimum Gasteiger partial charge on any atom is -0.477 e. The van der Waals surface area contributed by atoms with Crippen molar-refractivity contribution in [2.45, 2.75) is 56.4 Å². The molecule has 14 nitrogen and oxygen atoms in total. The predicted octanol–water partition coefficient (Wildman–Crippen LogP) is 0.316. The Labute approximate surface area is 239 Å². The number of aromatic nitrogens is 4. The minimum absolute atomic E-state index is 0.000169. The second-order valence-electron chi connectivity index (χ2n) is 9.54. The number of β-lactam (4-membered cyclic amide) rings is 1. The fourth-order valence-corrected chi connectivity index (χ4v) is 7.69. The second kappa shape index (κ2) is 10.8. The summed E-state index contributed by atoms with van der Waals surface area (Å²) in [6, 6.07) is -0.958. The Morgan fingerprint density at radius 2 is 2.12 bits per heavy atom. The molecule has 0 aromatic carbocycles. The number of anilines is 1. The van der Waals surface area contributed by atoms with E-state index < -0.39 is 29.2 Å². The average Bonchev–Trinajstić information content (AvgIpc) is 3.73. The Kier molecular flexibility index (Phi) is 7.20. The maximum atomic E-state index is 13.2. The summed E-state index contributed by atoms with van der Waals surface area (Å²) < 4.78 is 7.74. The second-order valence-corrected chi connectivity index (χ2v) is 12.3. The van der Waals surface area contributed by atoms with Gasteiger partial charge in [0.05, 0.1) is 0 Å². The van der Waals surface area contributed by atoms with E-state index in [4.69, 9.17) is 10.6 Å². The molecular weight excluding hydrogens is 581 g/mol. The van der Waals surface area contributed by atoms with Gasteiger partial charge in [-0.3, -0.25) is 14.5 Å². The van der Waals surface area contributed by atoms with E-state index in [-0.39, 0.29) is 41.6 Å². The molecule has 1 aliphatic carbocycles. The number of nitrogens with zero attached hydrogens (tertiary/aromatic N) is 6. The van der Waals surface area contributed by atoms with Crippen LogP contribution in [0.25, 0.3) is 4.83 Å². The van der Waals surface area contributed by atoms with Crippen molar-refractivity contribution >= 4 is 68.1 Å². The van der Waals surface area contributed by atoms with Gasteiger partial charge in [0.1, 0.15) is 48.3 Å². The lowest BCUT2D eigenvalue weighted by Gasteiger charge is -2.49. The number of hydrogen-bond acceptors (Lipinski definition) is 12. The first kappa shape index (κ1) is 26.7. The van der Waals surface area contributed by atoms with Gasteiger partial charge in [0.2, 0.25) is 22.7 Å². The molecule has 3 aliphatic rings. The van der Waals surface area contributed by atoms with Crippen molar-refractivity contribution in [3.8, 4) is 0 Å². The summed E-state index contributed by atoms with van der Waals surface area (Å²) in [4.78, 5) is 50.5. The molecule has 0 radical (unpaired) electrons. The molecule has 210 valence electrons. The number of fused-ring (bicyclic) bond motifs is 2. The predicted molar refractivity (Wildman–Crippen MR) is 145 cm³/mol. The Bertz CT molecular complexity index is 1550. The van der Waals surface area contributed by atoms with Gasteiger partial charge in [-0.2, -0.15) is 13.8 Å². The first-order valence-corrected chi connectivity index (χ1v) is 15.2. The van der Waals surface area contributed by atoms with Gasteiger partial charge in [-0.1, -0.05) is 16.5 Å². The number of imidazole rings is 1. The van der Waals surface area contributed by atoms with Crippen molar-refractivity contribution in [3.05, 3.63) is 40.7 Å². The lowest BCUT2D eigenvalue weighted by Crippen LogP contribution is -2.71. The van der Waals surface area contributed by atoms with E-state index in [0.717, 1.165) is 47.7 Å². The topological polar surface area (TPSA) is 189 Å². The van der Waals surface area contributed by atoms with E-state index in [1.807, 2.05) is 20.5 Å². The van der Waals surface area contributed by atoms with Crippen LogP contribution in [-0.4, -0.2) is 75.6 Å². The summed E-state index contributed by atoms with van der Waals surface area (Å²) in [5.74, 6) is -2.11. The maximum Gasteiger partial charge on any atom is 0.352 e. The molecule has 5 heterocycles. The Morgan fingerprint density at radius 3 is 2.83 bits per heavy atom. The molecule has 2 fully saturated rings. The van der Waals surface area contributed by atoms with Crippen molar-refractivity contribution in [1.82, 2.24) is 24.0 Å². The van der Waals surface area contributed by atoms with Crippen molar-refractivity contribution in [2.24, 2.45) is 5.16 Å². The summed E-state index contributed by atoms with van der Waals surface area (Å²) in [5.41, 5.74) is 6.73. The van der Waals surface area contributed by atoms with Crippen LogP contribution in [0.1, 0.15) is 37.2 Å². The highest BCUT2D eigenvalue weighted by molar-refractivity contribution is 8.00. The number of carbonyl (C=O) groups is 3. The molecule has 1 saturated carbocycles. The fraction of sp³-hybridized carbons (Fsp3) is 0.435. The fourth-order valence-electron chi connectivity index (χ4n) is 5.00. The van der Waals surface area contributed by atoms with E-state index in [9.17, 15) is 24.6 Å². The van der Waals surface area contributed by atoms with Gasteiger partial charge in [0.25, 0.3) is 11.8 Å². The minimum atomic E-state index is -1.22. The van der Waals surface area contributed by atoms with E-state index in [1.165, 1.54) is 28.0 Å². The van der Waals surface area contributed by atoms with Crippen molar-refractivity contribution < 1.29 is 34.0 Å². The molecule has 3 aromatic rings. The monoisotopic (exact) mass is 605 g/mol. The molecule has 3 aromatic heterocycles. The number of carbonyl (C=O) groups excluding carboxylic acids is 2. The third-order valence-electron chi connectivity index (χ3n) is 6.94.